The highest BCUT2D eigenvalue weighted by Crippen LogP contribution is 2.34. The van der Waals surface area contributed by atoms with Gasteiger partial charge in [0.2, 0.25) is 0 Å². The molecule has 6 heteroatoms. The number of hydrogen-bond donors (Lipinski definition) is 0. The van der Waals surface area contributed by atoms with Gasteiger partial charge in [-0.05, 0) is 77.5 Å². The molecule has 0 N–H and O–H groups in total. The molecule has 150 valence electrons. The second kappa shape index (κ2) is 10.5. The van der Waals surface area contributed by atoms with Crippen molar-refractivity contribution in [3.8, 4) is 17.2 Å². The first kappa shape index (κ1) is 21.5. The van der Waals surface area contributed by atoms with E-state index in [-0.39, 0.29) is 0 Å². The molecule has 3 aromatic carbocycles. The molecule has 3 aromatic rings. The summed E-state index contributed by atoms with van der Waals surface area (Å²) in [5.74, 6) is 2.17. The van der Waals surface area contributed by atoms with Gasteiger partial charge in [-0.15, -0.1) is 0 Å². The molecule has 0 aliphatic rings. The molecule has 0 saturated carbocycles. The molecule has 0 aliphatic carbocycles. The summed E-state index contributed by atoms with van der Waals surface area (Å²) in [5, 5.41) is 0.681. The number of halogens is 2. The van der Waals surface area contributed by atoms with Crippen molar-refractivity contribution in [1.82, 2.24) is 0 Å². The minimum absolute atomic E-state index is 0.367. The van der Waals surface area contributed by atoms with Crippen LogP contribution in [0.15, 0.2) is 65.7 Å². The summed E-state index contributed by atoms with van der Waals surface area (Å²) in [6.45, 7) is 2.97. The summed E-state index contributed by atoms with van der Waals surface area (Å²) >= 11 is 8.46. The van der Waals surface area contributed by atoms with Crippen LogP contribution in [0.2, 0.25) is 5.02 Å². The zero-order chi connectivity index (χ0) is 20.6. The van der Waals surface area contributed by atoms with Crippen molar-refractivity contribution >= 4 is 46.1 Å². The minimum atomic E-state index is 0.367. The van der Waals surface area contributed by atoms with Gasteiger partial charge in [0, 0.05) is 16.8 Å². The Labute approximate surface area is 189 Å². The number of benzene rings is 3. The van der Waals surface area contributed by atoms with Gasteiger partial charge in [-0.3, -0.25) is 4.99 Å². The van der Waals surface area contributed by atoms with E-state index in [1.807, 2.05) is 67.6 Å². The Morgan fingerprint density at radius 1 is 1.03 bits per heavy atom. The van der Waals surface area contributed by atoms with Gasteiger partial charge in [-0.2, -0.15) is 0 Å². The number of hydrogen-bond acceptors (Lipinski definition) is 4. The van der Waals surface area contributed by atoms with Crippen molar-refractivity contribution in [1.29, 1.82) is 0 Å². The average Bonchev–Trinajstić information content (AvgIpc) is 2.73. The first-order chi connectivity index (χ1) is 14.1. The lowest BCUT2D eigenvalue weighted by Crippen LogP contribution is -2.01. The summed E-state index contributed by atoms with van der Waals surface area (Å²) in [5.41, 5.74) is 2.69. The highest BCUT2D eigenvalue weighted by molar-refractivity contribution is 14.1. The first-order valence-electron chi connectivity index (χ1n) is 9.11. The molecular formula is C23H21ClINO3. The largest absolute Gasteiger partial charge is 0.494 e. The average molecular weight is 522 g/mol. The molecule has 0 spiro atoms. The zero-order valence-corrected chi connectivity index (χ0v) is 19.1. The molecule has 3 rings (SSSR count). The third-order valence-electron chi connectivity index (χ3n) is 4.09. The molecule has 29 heavy (non-hydrogen) atoms. The molecule has 0 saturated heterocycles. The fraction of sp³-hybridized carbons (Fsp3) is 0.174. The Morgan fingerprint density at radius 2 is 1.79 bits per heavy atom. The van der Waals surface area contributed by atoms with Crippen LogP contribution in [-0.4, -0.2) is 19.9 Å². The van der Waals surface area contributed by atoms with Crippen molar-refractivity contribution in [2.75, 3.05) is 13.7 Å². The minimum Gasteiger partial charge on any atom is -0.494 e. The molecule has 0 radical (unpaired) electrons. The smallest absolute Gasteiger partial charge is 0.174 e. The number of methoxy groups -OCH3 is 1. The van der Waals surface area contributed by atoms with Crippen LogP contribution in [0.5, 0.6) is 17.2 Å². The van der Waals surface area contributed by atoms with Gasteiger partial charge in [-0.25, -0.2) is 0 Å². The predicted molar refractivity (Wildman–Crippen MR) is 126 cm³/mol. The molecular weight excluding hydrogens is 501 g/mol. The van der Waals surface area contributed by atoms with Gasteiger partial charge in [0.05, 0.1) is 23.0 Å². The molecule has 0 heterocycles. The third-order valence-corrected chi connectivity index (χ3v) is 5.26. The molecule has 0 fully saturated rings. The Balaban J connectivity index is 1.76. The standard InChI is InChI=1S/C23H21ClINO3/c1-3-28-19-10-8-18(9-11-19)26-14-16-12-21(25)23(22(13-16)27-2)29-15-17-6-4-5-7-20(17)24/h4-14H,3,15H2,1-2H3. The Morgan fingerprint density at radius 3 is 2.48 bits per heavy atom. The summed E-state index contributed by atoms with van der Waals surface area (Å²) in [6, 6.07) is 19.2. The van der Waals surface area contributed by atoms with Gasteiger partial charge in [0.15, 0.2) is 11.5 Å². The summed E-state index contributed by atoms with van der Waals surface area (Å²) in [7, 11) is 1.63. The van der Waals surface area contributed by atoms with Gasteiger partial charge < -0.3 is 14.2 Å². The SMILES string of the molecule is CCOc1ccc(N=Cc2cc(I)c(OCc3ccccc3Cl)c(OC)c2)cc1. The predicted octanol–water partition coefficient (Wildman–Crippen LogP) is 6.68. The first-order valence-corrected chi connectivity index (χ1v) is 10.6. The second-order valence-corrected chi connectivity index (χ2v) is 7.67. The Bertz CT molecular complexity index is 990. The lowest BCUT2D eigenvalue weighted by Gasteiger charge is -2.14. The second-order valence-electron chi connectivity index (χ2n) is 6.10. The van der Waals surface area contributed by atoms with Crippen LogP contribution in [0.25, 0.3) is 0 Å². The van der Waals surface area contributed by atoms with E-state index in [9.17, 15) is 0 Å². The highest BCUT2D eigenvalue weighted by atomic mass is 127. The normalized spacial score (nSPS) is 10.9. The molecule has 0 unspecified atom stereocenters. The maximum Gasteiger partial charge on any atom is 0.174 e. The van der Waals surface area contributed by atoms with E-state index in [0.717, 1.165) is 26.1 Å². The number of aliphatic imine (C=N–C) groups is 1. The van der Waals surface area contributed by atoms with Crippen molar-refractivity contribution < 1.29 is 14.2 Å². The summed E-state index contributed by atoms with van der Waals surface area (Å²) < 4.78 is 17.9. The van der Waals surface area contributed by atoms with Crippen molar-refractivity contribution in [3.63, 3.8) is 0 Å². The van der Waals surface area contributed by atoms with Crippen LogP contribution in [0.4, 0.5) is 5.69 Å². The zero-order valence-electron chi connectivity index (χ0n) is 16.2. The van der Waals surface area contributed by atoms with Crippen LogP contribution < -0.4 is 14.2 Å². The Kier molecular flexibility index (Phi) is 7.77. The van der Waals surface area contributed by atoms with E-state index < -0.39 is 0 Å². The quantitative estimate of drug-likeness (QED) is 0.245. The Hall–Kier alpha value is -2.25. The molecule has 0 bridgehead atoms. The molecule has 0 atom stereocenters. The van der Waals surface area contributed by atoms with Crippen molar-refractivity contribution in [2.24, 2.45) is 4.99 Å². The number of rotatable bonds is 8. The molecule has 0 amide bonds. The molecule has 4 nitrogen and oxygen atoms in total. The van der Waals surface area contributed by atoms with Gasteiger partial charge in [-0.1, -0.05) is 29.8 Å². The van der Waals surface area contributed by atoms with Crippen LogP contribution in [0.3, 0.4) is 0 Å². The number of nitrogens with zero attached hydrogens (tertiary/aromatic N) is 1. The third kappa shape index (κ3) is 5.87. The van der Waals surface area contributed by atoms with E-state index >= 15 is 0 Å². The fourth-order valence-corrected chi connectivity index (χ4v) is 3.64. The topological polar surface area (TPSA) is 40.0 Å². The maximum atomic E-state index is 6.22. The van der Waals surface area contributed by atoms with Gasteiger partial charge >= 0.3 is 0 Å². The lowest BCUT2D eigenvalue weighted by molar-refractivity contribution is 0.282. The van der Waals surface area contributed by atoms with E-state index in [2.05, 4.69) is 27.6 Å². The molecule has 0 aromatic heterocycles. The molecule has 0 aliphatic heterocycles. The van der Waals surface area contributed by atoms with Crippen LogP contribution in [0, 0.1) is 3.57 Å². The highest BCUT2D eigenvalue weighted by Gasteiger charge is 2.12. The monoisotopic (exact) mass is 521 g/mol. The van der Waals surface area contributed by atoms with Crippen molar-refractivity contribution in [2.45, 2.75) is 13.5 Å². The van der Waals surface area contributed by atoms with E-state index in [1.54, 1.807) is 13.3 Å². The van der Waals surface area contributed by atoms with E-state index in [1.165, 1.54) is 0 Å². The summed E-state index contributed by atoms with van der Waals surface area (Å²) in [4.78, 5) is 4.53. The van der Waals surface area contributed by atoms with Crippen LogP contribution >= 0.6 is 34.2 Å². The lowest BCUT2D eigenvalue weighted by atomic mass is 10.2. The number of ether oxygens (including phenoxy) is 3. The van der Waals surface area contributed by atoms with Gasteiger partial charge in [0.1, 0.15) is 12.4 Å². The van der Waals surface area contributed by atoms with E-state index in [4.69, 9.17) is 25.8 Å². The van der Waals surface area contributed by atoms with Crippen molar-refractivity contribution in [3.05, 3.63) is 80.4 Å². The van der Waals surface area contributed by atoms with E-state index in [0.29, 0.717) is 29.7 Å². The van der Waals surface area contributed by atoms with Gasteiger partial charge in [0.25, 0.3) is 0 Å². The summed E-state index contributed by atoms with van der Waals surface area (Å²) in [6.07, 6.45) is 1.80. The fourth-order valence-electron chi connectivity index (χ4n) is 2.66. The van der Waals surface area contributed by atoms with Crippen LogP contribution in [-0.2, 0) is 6.61 Å². The maximum absolute atomic E-state index is 6.22. The van der Waals surface area contributed by atoms with Crippen LogP contribution in [0.1, 0.15) is 18.1 Å².